The van der Waals surface area contributed by atoms with Crippen molar-refractivity contribution < 1.29 is 20.4 Å². The van der Waals surface area contributed by atoms with Crippen molar-refractivity contribution in [1.82, 2.24) is 10.7 Å². The van der Waals surface area contributed by atoms with Gasteiger partial charge in [-0.25, -0.2) is 10.3 Å². The molecule has 6 heteroatoms. The van der Waals surface area contributed by atoms with Gasteiger partial charge in [0, 0.05) is 0 Å². The number of hydrogen-bond acceptors (Lipinski definition) is 4. The second-order valence-corrected chi connectivity index (χ2v) is 0.706. The molecule has 0 aliphatic rings. The molecule has 0 aromatic carbocycles. The summed E-state index contributed by atoms with van der Waals surface area (Å²) in [5, 5.41) is 22.0. The Balaban J connectivity index is 3.35. The van der Waals surface area contributed by atoms with Gasteiger partial charge in [0.15, 0.2) is 0 Å². The molecule has 0 radical (unpaired) electrons. The highest BCUT2D eigenvalue weighted by Crippen LogP contribution is 1.69. The van der Waals surface area contributed by atoms with E-state index in [4.69, 9.17) is 15.6 Å². The largest absolute Gasteiger partial charge is 0.390 e. The average molecular weight is 108 g/mol. The molecule has 2 amide bonds. The molecular formula is CH4N2O4. The quantitative estimate of drug-likeness (QED) is 0.240. The van der Waals surface area contributed by atoms with E-state index in [2.05, 4.69) is 0 Å². The molecule has 0 aromatic rings. The third-order valence-corrected chi connectivity index (χ3v) is 0.277. The fraction of sp³-hybridized carbons (Fsp3) is 0. The third-order valence-electron chi connectivity index (χ3n) is 0.277. The van der Waals surface area contributed by atoms with Crippen molar-refractivity contribution in [3.05, 3.63) is 0 Å². The average Bonchev–Trinajstić information content (AvgIpc) is 1.65. The van der Waals surface area contributed by atoms with Gasteiger partial charge in [-0.1, -0.05) is 5.23 Å². The fourth-order valence-electron chi connectivity index (χ4n) is 0.0447. The topological polar surface area (TPSA) is 93.0 Å². The second kappa shape index (κ2) is 2.35. The number of nitrogens with zero attached hydrogens (tertiary/aromatic N) is 1. The van der Waals surface area contributed by atoms with Crippen LogP contribution in [0.25, 0.3) is 0 Å². The van der Waals surface area contributed by atoms with E-state index in [1.165, 1.54) is 0 Å². The van der Waals surface area contributed by atoms with Gasteiger partial charge in [0.05, 0.1) is 0 Å². The summed E-state index contributed by atoms with van der Waals surface area (Å²) in [7, 11) is 0. The maximum Gasteiger partial charge on any atom is 0.390 e. The third kappa shape index (κ3) is 1.93. The Hall–Kier alpha value is -0.850. The van der Waals surface area contributed by atoms with Crippen LogP contribution in [0.3, 0.4) is 0 Å². The Morgan fingerprint density at radius 1 is 1.57 bits per heavy atom. The van der Waals surface area contributed by atoms with Crippen LogP contribution < -0.4 is 5.48 Å². The Labute approximate surface area is 38.5 Å². The first-order chi connectivity index (χ1) is 3.18. The monoisotopic (exact) mass is 108 g/mol. The smallest absolute Gasteiger partial charge is 0.287 e. The number of urea groups is 1. The van der Waals surface area contributed by atoms with E-state index in [1.807, 2.05) is 0 Å². The SMILES string of the molecule is O=C(NO)N(O)O. The molecule has 42 valence electrons. The summed E-state index contributed by atoms with van der Waals surface area (Å²) in [6.07, 6.45) is 0. The molecule has 0 aliphatic carbocycles. The maximum atomic E-state index is 9.58. The standard InChI is InChI=1S/CH4N2O4/c4-1(2-5)3(6)7/h5-7H,(H,2,4). The molecule has 0 fully saturated rings. The first kappa shape index (κ1) is 6.15. The van der Waals surface area contributed by atoms with Gasteiger partial charge in [-0.2, -0.15) is 0 Å². The molecule has 7 heavy (non-hydrogen) atoms. The van der Waals surface area contributed by atoms with Crippen LogP contribution in [0.15, 0.2) is 0 Å². The van der Waals surface area contributed by atoms with E-state index in [0.717, 1.165) is 5.48 Å². The molecule has 4 N–H and O–H groups in total. The van der Waals surface area contributed by atoms with Crippen molar-refractivity contribution in [3.63, 3.8) is 0 Å². The van der Waals surface area contributed by atoms with Crippen molar-refractivity contribution in [2.75, 3.05) is 0 Å². The van der Waals surface area contributed by atoms with E-state index < -0.39 is 11.3 Å². The molecule has 0 rings (SSSR count). The van der Waals surface area contributed by atoms with Gasteiger partial charge >= 0.3 is 6.03 Å². The molecular weight excluding hydrogens is 104 g/mol. The minimum absolute atomic E-state index is 0.778. The number of nitrogens with one attached hydrogen (secondary N) is 1. The minimum atomic E-state index is -1.40. The Morgan fingerprint density at radius 2 is 2.00 bits per heavy atom. The zero-order valence-corrected chi connectivity index (χ0v) is 3.20. The summed E-state index contributed by atoms with van der Waals surface area (Å²) in [4.78, 5) is 9.58. The van der Waals surface area contributed by atoms with Crippen LogP contribution in [0.1, 0.15) is 0 Å². The van der Waals surface area contributed by atoms with E-state index in [1.54, 1.807) is 0 Å². The van der Waals surface area contributed by atoms with Crippen LogP contribution in [-0.2, 0) is 0 Å². The molecule has 0 aromatic heterocycles. The lowest BCUT2D eigenvalue weighted by Crippen LogP contribution is -2.32. The van der Waals surface area contributed by atoms with Gasteiger partial charge in [0.25, 0.3) is 0 Å². The van der Waals surface area contributed by atoms with E-state index >= 15 is 0 Å². The van der Waals surface area contributed by atoms with Crippen LogP contribution in [0.4, 0.5) is 4.79 Å². The number of carbonyl (C=O) groups is 1. The van der Waals surface area contributed by atoms with Crippen LogP contribution >= 0.6 is 0 Å². The lowest BCUT2D eigenvalue weighted by atomic mass is 11.1. The molecule has 0 spiro atoms. The zero-order chi connectivity index (χ0) is 5.86. The summed E-state index contributed by atoms with van der Waals surface area (Å²) in [5.41, 5.74) is 0.951. The van der Waals surface area contributed by atoms with E-state index in [0.29, 0.717) is 0 Å². The highest BCUT2D eigenvalue weighted by atomic mass is 16.8. The molecule has 0 aliphatic heterocycles. The Morgan fingerprint density at radius 3 is 2.00 bits per heavy atom. The van der Waals surface area contributed by atoms with Crippen LogP contribution in [0.5, 0.6) is 0 Å². The second-order valence-electron chi connectivity index (χ2n) is 0.706. The molecule has 0 unspecified atom stereocenters. The van der Waals surface area contributed by atoms with Gasteiger partial charge in [-0.3, -0.25) is 15.6 Å². The van der Waals surface area contributed by atoms with Gasteiger partial charge in [-0.15, -0.1) is 0 Å². The van der Waals surface area contributed by atoms with Gasteiger partial charge in [0.2, 0.25) is 0 Å². The first-order valence-corrected chi connectivity index (χ1v) is 1.30. The zero-order valence-electron chi connectivity index (χ0n) is 3.20. The predicted molar refractivity (Wildman–Crippen MR) is 15.7 cm³/mol. The summed E-state index contributed by atoms with van der Waals surface area (Å²) in [5.74, 6) is 0. The first-order valence-electron chi connectivity index (χ1n) is 1.30. The van der Waals surface area contributed by atoms with Gasteiger partial charge in [0.1, 0.15) is 0 Å². The predicted octanol–water partition coefficient (Wildman–Crippen LogP) is -0.834. The van der Waals surface area contributed by atoms with E-state index in [9.17, 15) is 4.79 Å². The molecule has 6 nitrogen and oxygen atoms in total. The van der Waals surface area contributed by atoms with Crippen molar-refractivity contribution in [2.24, 2.45) is 0 Å². The fourth-order valence-corrected chi connectivity index (χ4v) is 0.0447. The summed E-state index contributed by atoms with van der Waals surface area (Å²) >= 11 is 0. The lowest BCUT2D eigenvalue weighted by Gasteiger charge is -2.00. The molecule has 0 saturated heterocycles. The Bertz CT molecular complexity index is 70.1. The number of hydrogen-bond donors (Lipinski definition) is 4. The van der Waals surface area contributed by atoms with Crippen LogP contribution in [-0.4, -0.2) is 26.9 Å². The highest BCUT2D eigenvalue weighted by molar-refractivity contribution is 5.69. The molecule has 0 bridgehead atoms. The van der Waals surface area contributed by atoms with Crippen molar-refractivity contribution >= 4 is 6.03 Å². The van der Waals surface area contributed by atoms with Crippen molar-refractivity contribution in [1.29, 1.82) is 0 Å². The molecule has 0 atom stereocenters. The number of hydroxylamine groups is 3. The maximum absolute atomic E-state index is 9.58. The molecule has 0 saturated carbocycles. The van der Waals surface area contributed by atoms with Crippen molar-refractivity contribution in [3.8, 4) is 0 Å². The Kier molecular flexibility index (Phi) is 2.06. The number of carbonyl (C=O) groups excluding carboxylic acids is 1. The normalized spacial score (nSPS) is 7.86. The van der Waals surface area contributed by atoms with E-state index in [-0.39, 0.29) is 0 Å². The van der Waals surface area contributed by atoms with Gasteiger partial charge in [-0.05, 0) is 0 Å². The summed E-state index contributed by atoms with van der Waals surface area (Å²) < 4.78 is 0. The van der Waals surface area contributed by atoms with Crippen LogP contribution in [0, 0.1) is 0 Å². The van der Waals surface area contributed by atoms with Crippen LogP contribution in [0.2, 0.25) is 0 Å². The molecule has 0 heterocycles. The van der Waals surface area contributed by atoms with Gasteiger partial charge < -0.3 is 0 Å². The highest BCUT2D eigenvalue weighted by Gasteiger charge is 2.01. The number of rotatable bonds is 0. The number of amides is 2. The minimum Gasteiger partial charge on any atom is -0.287 e. The summed E-state index contributed by atoms with van der Waals surface area (Å²) in [6.45, 7) is 0. The lowest BCUT2D eigenvalue weighted by molar-refractivity contribution is -0.262. The summed E-state index contributed by atoms with van der Waals surface area (Å²) in [6, 6.07) is -1.40. The van der Waals surface area contributed by atoms with Crippen molar-refractivity contribution in [2.45, 2.75) is 0 Å².